The third-order valence-corrected chi connectivity index (χ3v) is 4.77. The molecule has 26 heavy (non-hydrogen) atoms. The first-order chi connectivity index (χ1) is 12.7. The fourth-order valence-electron chi connectivity index (χ4n) is 2.88. The average molecular weight is 391 g/mol. The van der Waals surface area contributed by atoms with E-state index in [-0.39, 0.29) is 0 Å². The summed E-state index contributed by atoms with van der Waals surface area (Å²) >= 11 is 12.1. The van der Waals surface area contributed by atoms with Gasteiger partial charge in [0.15, 0.2) is 5.82 Å². The first kappa shape index (κ1) is 17.2. The number of nitrogens with zero attached hydrogens (tertiary/aromatic N) is 6. The third kappa shape index (κ3) is 3.80. The molecular formula is C17H16Cl2N6O. The summed E-state index contributed by atoms with van der Waals surface area (Å²) in [5, 5.41) is 5.31. The summed E-state index contributed by atoms with van der Waals surface area (Å²) in [6.07, 6.45) is 3.14. The predicted octanol–water partition coefficient (Wildman–Crippen LogP) is 3.16. The second-order valence-electron chi connectivity index (χ2n) is 5.98. The average Bonchev–Trinajstić information content (AvgIpc) is 3.12. The SMILES string of the molecule is Clc1ccc(-c2noc(CN3CCN(c4ncncc4Cl)CC3)n2)cc1. The highest BCUT2D eigenvalue weighted by molar-refractivity contribution is 6.32. The van der Waals surface area contributed by atoms with Crippen molar-refractivity contribution in [2.24, 2.45) is 0 Å². The molecule has 0 bridgehead atoms. The lowest BCUT2D eigenvalue weighted by Gasteiger charge is -2.34. The largest absolute Gasteiger partial charge is 0.353 e. The maximum Gasteiger partial charge on any atom is 0.241 e. The molecule has 0 atom stereocenters. The Hall–Kier alpha value is -2.22. The zero-order valence-electron chi connectivity index (χ0n) is 13.8. The molecule has 2 aromatic heterocycles. The molecule has 1 aromatic carbocycles. The molecule has 3 heterocycles. The topological polar surface area (TPSA) is 71.2 Å². The fraction of sp³-hybridized carbons (Fsp3) is 0.294. The molecule has 134 valence electrons. The summed E-state index contributed by atoms with van der Waals surface area (Å²) < 4.78 is 5.39. The van der Waals surface area contributed by atoms with Crippen LogP contribution in [0.1, 0.15) is 5.89 Å². The van der Waals surface area contributed by atoms with E-state index in [2.05, 4.69) is 29.9 Å². The highest BCUT2D eigenvalue weighted by atomic mass is 35.5. The van der Waals surface area contributed by atoms with E-state index in [1.165, 1.54) is 6.33 Å². The van der Waals surface area contributed by atoms with Crippen LogP contribution < -0.4 is 4.90 Å². The Labute approximate surface area is 160 Å². The molecule has 0 aliphatic carbocycles. The van der Waals surface area contributed by atoms with Crippen molar-refractivity contribution in [2.45, 2.75) is 6.54 Å². The molecule has 0 unspecified atom stereocenters. The number of piperazine rings is 1. The number of halogens is 2. The van der Waals surface area contributed by atoms with Gasteiger partial charge in [-0.25, -0.2) is 9.97 Å². The van der Waals surface area contributed by atoms with Gasteiger partial charge in [-0.2, -0.15) is 4.98 Å². The van der Waals surface area contributed by atoms with E-state index in [1.54, 1.807) is 6.20 Å². The van der Waals surface area contributed by atoms with Gasteiger partial charge < -0.3 is 9.42 Å². The lowest BCUT2D eigenvalue weighted by atomic mass is 10.2. The number of aromatic nitrogens is 4. The number of benzene rings is 1. The van der Waals surface area contributed by atoms with Gasteiger partial charge in [0, 0.05) is 36.8 Å². The van der Waals surface area contributed by atoms with Crippen LogP contribution >= 0.6 is 23.2 Å². The summed E-state index contributed by atoms with van der Waals surface area (Å²) in [5.74, 6) is 1.95. The van der Waals surface area contributed by atoms with Gasteiger partial charge in [0.05, 0.1) is 12.7 Å². The standard InChI is InChI=1S/C17H16Cl2N6O/c18-13-3-1-12(2-4-13)16-22-15(26-23-16)10-24-5-7-25(8-6-24)17-14(19)9-20-11-21-17/h1-4,9,11H,5-8,10H2. The summed E-state index contributed by atoms with van der Waals surface area (Å²) in [6, 6.07) is 7.37. The van der Waals surface area contributed by atoms with Gasteiger partial charge in [-0.1, -0.05) is 28.4 Å². The minimum atomic E-state index is 0.572. The second-order valence-corrected chi connectivity index (χ2v) is 6.82. The van der Waals surface area contributed by atoms with Gasteiger partial charge >= 0.3 is 0 Å². The van der Waals surface area contributed by atoms with Gasteiger partial charge in [-0.3, -0.25) is 4.90 Å². The van der Waals surface area contributed by atoms with Crippen LogP contribution in [0.5, 0.6) is 0 Å². The second kappa shape index (κ2) is 7.57. The van der Waals surface area contributed by atoms with E-state index in [0.717, 1.165) is 37.6 Å². The van der Waals surface area contributed by atoms with Crippen LogP contribution in [0.3, 0.4) is 0 Å². The number of hydrogen-bond acceptors (Lipinski definition) is 7. The van der Waals surface area contributed by atoms with Gasteiger partial charge in [0.1, 0.15) is 11.3 Å². The van der Waals surface area contributed by atoms with E-state index in [4.69, 9.17) is 27.7 Å². The fourth-order valence-corrected chi connectivity index (χ4v) is 3.23. The van der Waals surface area contributed by atoms with Crippen molar-refractivity contribution < 1.29 is 4.52 Å². The molecule has 4 rings (SSSR count). The quantitative estimate of drug-likeness (QED) is 0.677. The van der Waals surface area contributed by atoms with E-state index in [9.17, 15) is 0 Å². The lowest BCUT2D eigenvalue weighted by Crippen LogP contribution is -2.46. The van der Waals surface area contributed by atoms with Crippen LogP contribution in [0.25, 0.3) is 11.4 Å². The Morgan fingerprint density at radius 2 is 1.81 bits per heavy atom. The molecule has 0 N–H and O–H groups in total. The van der Waals surface area contributed by atoms with Gasteiger partial charge in [0.2, 0.25) is 11.7 Å². The Kier molecular flexibility index (Phi) is 5.01. The maximum atomic E-state index is 6.17. The first-order valence-corrected chi connectivity index (χ1v) is 8.96. The van der Waals surface area contributed by atoms with Crippen LogP contribution in [0.2, 0.25) is 10.0 Å². The first-order valence-electron chi connectivity index (χ1n) is 8.20. The Morgan fingerprint density at radius 3 is 2.54 bits per heavy atom. The van der Waals surface area contributed by atoms with Crippen LogP contribution in [0.15, 0.2) is 41.3 Å². The van der Waals surface area contributed by atoms with Crippen LogP contribution in [-0.4, -0.2) is 51.2 Å². The molecule has 0 radical (unpaired) electrons. The highest BCUT2D eigenvalue weighted by Gasteiger charge is 2.21. The van der Waals surface area contributed by atoms with Crippen molar-refractivity contribution in [2.75, 3.05) is 31.1 Å². The normalized spacial score (nSPS) is 15.4. The Bertz CT molecular complexity index is 877. The van der Waals surface area contributed by atoms with Crippen molar-refractivity contribution in [3.05, 3.63) is 52.7 Å². The molecule has 1 saturated heterocycles. The van der Waals surface area contributed by atoms with E-state index in [0.29, 0.717) is 28.3 Å². The van der Waals surface area contributed by atoms with Gasteiger partial charge in [-0.15, -0.1) is 0 Å². The monoisotopic (exact) mass is 390 g/mol. The van der Waals surface area contributed by atoms with Crippen LogP contribution in [0.4, 0.5) is 5.82 Å². The predicted molar refractivity (Wildman–Crippen MR) is 99.3 cm³/mol. The highest BCUT2D eigenvalue weighted by Crippen LogP contribution is 2.23. The molecule has 0 saturated carbocycles. The molecule has 0 spiro atoms. The van der Waals surface area contributed by atoms with E-state index >= 15 is 0 Å². The minimum Gasteiger partial charge on any atom is -0.353 e. The Morgan fingerprint density at radius 1 is 1.04 bits per heavy atom. The van der Waals surface area contributed by atoms with Crippen molar-refractivity contribution in [3.8, 4) is 11.4 Å². The third-order valence-electron chi connectivity index (χ3n) is 4.25. The van der Waals surface area contributed by atoms with Crippen molar-refractivity contribution in [3.63, 3.8) is 0 Å². The van der Waals surface area contributed by atoms with Crippen molar-refractivity contribution in [1.82, 2.24) is 25.0 Å². The minimum absolute atomic E-state index is 0.572. The number of rotatable bonds is 4. The molecule has 1 fully saturated rings. The Balaban J connectivity index is 1.36. The molecule has 3 aromatic rings. The number of hydrogen-bond donors (Lipinski definition) is 0. The summed E-state index contributed by atoms with van der Waals surface area (Å²) in [4.78, 5) is 17.1. The summed E-state index contributed by atoms with van der Waals surface area (Å²) in [7, 11) is 0. The van der Waals surface area contributed by atoms with E-state index in [1.807, 2.05) is 24.3 Å². The van der Waals surface area contributed by atoms with Gasteiger partial charge in [0.25, 0.3) is 0 Å². The molecule has 1 aliphatic heterocycles. The molecule has 9 heteroatoms. The van der Waals surface area contributed by atoms with Gasteiger partial charge in [-0.05, 0) is 24.3 Å². The molecular weight excluding hydrogens is 375 g/mol. The molecule has 0 amide bonds. The lowest BCUT2D eigenvalue weighted by molar-refractivity contribution is 0.215. The number of anilines is 1. The van der Waals surface area contributed by atoms with Crippen LogP contribution in [-0.2, 0) is 6.54 Å². The van der Waals surface area contributed by atoms with E-state index < -0.39 is 0 Å². The van der Waals surface area contributed by atoms with Crippen molar-refractivity contribution >= 4 is 29.0 Å². The summed E-state index contributed by atoms with van der Waals surface area (Å²) in [6.45, 7) is 3.99. The van der Waals surface area contributed by atoms with Crippen molar-refractivity contribution in [1.29, 1.82) is 0 Å². The zero-order valence-corrected chi connectivity index (χ0v) is 15.4. The smallest absolute Gasteiger partial charge is 0.241 e. The molecule has 1 aliphatic rings. The molecule has 7 nitrogen and oxygen atoms in total. The zero-order chi connectivity index (χ0) is 17.9. The summed E-state index contributed by atoms with van der Waals surface area (Å²) in [5.41, 5.74) is 0.882. The maximum absolute atomic E-state index is 6.17. The van der Waals surface area contributed by atoms with Crippen LogP contribution in [0, 0.1) is 0 Å².